The van der Waals surface area contributed by atoms with Crippen LogP contribution < -0.4 is 15.4 Å². The molecule has 3 N–H and O–H groups in total. The number of benzene rings is 1. The fourth-order valence-electron chi connectivity index (χ4n) is 3.26. The lowest BCUT2D eigenvalue weighted by atomic mass is 9.81. The van der Waals surface area contributed by atoms with E-state index in [4.69, 9.17) is 9.15 Å². The van der Waals surface area contributed by atoms with Crippen molar-refractivity contribution < 1.29 is 28.6 Å². The number of carbonyl (C=O) groups is 3. The Hall–Kier alpha value is -3.29. The summed E-state index contributed by atoms with van der Waals surface area (Å²) in [5.41, 5.74) is -0.731. The van der Waals surface area contributed by atoms with Crippen molar-refractivity contribution in [2.75, 3.05) is 11.9 Å². The van der Waals surface area contributed by atoms with Gasteiger partial charge in [0.05, 0.1) is 6.26 Å². The van der Waals surface area contributed by atoms with Crippen LogP contribution in [0, 0.1) is 0 Å². The lowest BCUT2D eigenvalue weighted by molar-refractivity contribution is -0.149. The summed E-state index contributed by atoms with van der Waals surface area (Å²) in [6, 6.07) is 9.72. The Morgan fingerprint density at radius 2 is 1.89 bits per heavy atom. The summed E-state index contributed by atoms with van der Waals surface area (Å²) in [4.78, 5) is 35.9. The summed E-state index contributed by atoms with van der Waals surface area (Å²) in [5.74, 6) is -1.35. The van der Waals surface area contributed by atoms with Crippen molar-refractivity contribution in [1.29, 1.82) is 0 Å². The lowest BCUT2D eigenvalue weighted by Crippen LogP contribution is -2.56. The van der Waals surface area contributed by atoms with Gasteiger partial charge in [0.1, 0.15) is 11.3 Å². The zero-order chi connectivity index (χ0) is 20.0. The van der Waals surface area contributed by atoms with Crippen molar-refractivity contribution in [3.8, 4) is 5.75 Å². The van der Waals surface area contributed by atoms with Crippen LogP contribution in [-0.2, 0) is 9.59 Å². The maximum Gasteiger partial charge on any atom is 0.329 e. The molecule has 1 fully saturated rings. The largest absolute Gasteiger partial charge is 0.484 e. The van der Waals surface area contributed by atoms with Gasteiger partial charge < -0.3 is 24.9 Å². The van der Waals surface area contributed by atoms with Gasteiger partial charge in [-0.2, -0.15) is 0 Å². The van der Waals surface area contributed by atoms with Gasteiger partial charge in [0.25, 0.3) is 11.8 Å². The molecule has 0 aliphatic heterocycles. The first kappa shape index (κ1) is 19.5. The zero-order valence-electron chi connectivity index (χ0n) is 15.3. The highest BCUT2D eigenvalue weighted by molar-refractivity contribution is 6.02. The number of carboxylic acids is 1. The molecule has 0 spiro atoms. The average Bonchev–Trinajstić information content (AvgIpc) is 3.22. The van der Waals surface area contributed by atoms with Crippen LogP contribution in [-0.4, -0.2) is 35.0 Å². The topological polar surface area (TPSA) is 118 Å². The molecule has 2 amide bonds. The van der Waals surface area contributed by atoms with E-state index in [0.29, 0.717) is 24.3 Å². The van der Waals surface area contributed by atoms with Gasteiger partial charge in [-0.1, -0.05) is 25.3 Å². The van der Waals surface area contributed by atoms with Crippen molar-refractivity contribution in [3.63, 3.8) is 0 Å². The highest BCUT2D eigenvalue weighted by Crippen LogP contribution is 2.28. The molecular formula is C20H22N2O6. The van der Waals surface area contributed by atoms with Gasteiger partial charge in [-0.05, 0) is 37.1 Å². The number of hydrogen-bond donors (Lipinski definition) is 3. The molecule has 3 rings (SSSR count). The number of rotatable bonds is 7. The molecule has 1 aromatic carbocycles. The van der Waals surface area contributed by atoms with Gasteiger partial charge >= 0.3 is 5.97 Å². The number of ether oxygens (including phenoxy) is 1. The van der Waals surface area contributed by atoms with Gasteiger partial charge in [0, 0.05) is 11.8 Å². The van der Waals surface area contributed by atoms with Crippen LogP contribution in [0.5, 0.6) is 5.75 Å². The number of anilines is 1. The lowest BCUT2D eigenvalue weighted by Gasteiger charge is -2.33. The second-order valence-corrected chi connectivity index (χ2v) is 6.74. The molecule has 1 aromatic heterocycles. The molecule has 28 heavy (non-hydrogen) atoms. The summed E-state index contributed by atoms with van der Waals surface area (Å²) >= 11 is 0. The van der Waals surface area contributed by atoms with E-state index in [1.54, 1.807) is 36.4 Å². The van der Waals surface area contributed by atoms with Crippen LogP contribution in [0.15, 0.2) is 47.1 Å². The van der Waals surface area contributed by atoms with E-state index < -0.39 is 23.3 Å². The molecule has 0 bridgehead atoms. The van der Waals surface area contributed by atoms with E-state index in [1.807, 2.05) is 0 Å². The Kier molecular flexibility index (Phi) is 5.98. The number of amides is 2. The van der Waals surface area contributed by atoms with Crippen molar-refractivity contribution in [2.45, 2.75) is 37.6 Å². The van der Waals surface area contributed by atoms with Crippen LogP contribution in [0.1, 0.15) is 42.7 Å². The number of aliphatic carboxylic acids is 1. The van der Waals surface area contributed by atoms with E-state index >= 15 is 0 Å². The predicted molar refractivity (Wildman–Crippen MR) is 100 cm³/mol. The molecule has 1 saturated carbocycles. The molecule has 0 atom stereocenters. The number of carboxylic acid groups (broad SMARTS) is 1. The summed E-state index contributed by atoms with van der Waals surface area (Å²) in [5, 5.41) is 14.8. The number of carbonyl (C=O) groups excluding carboxylic acids is 2. The summed E-state index contributed by atoms with van der Waals surface area (Å²) in [6.07, 6.45) is 4.75. The summed E-state index contributed by atoms with van der Waals surface area (Å²) < 4.78 is 10.5. The third-order valence-electron chi connectivity index (χ3n) is 4.70. The minimum absolute atomic E-state index is 0.178. The van der Waals surface area contributed by atoms with Crippen molar-refractivity contribution in [2.24, 2.45) is 0 Å². The Morgan fingerprint density at radius 3 is 2.57 bits per heavy atom. The quantitative estimate of drug-likeness (QED) is 0.673. The van der Waals surface area contributed by atoms with Gasteiger partial charge in [0.2, 0.25) is 0 Å². The minimum Gasteiger partial charge on any atom is -0.484 e. The van der Waals surface area contributed by atoms with Gasteiger partial charge in [-0.3, -0.25) is 9.59 Å². The molecular weight excluding hydrogens is 364 g/mol. The Balaban J connectivity index is 1.56. The fraction of sp³-hybridized carbons (Fsp3) is 0.350. The molecule has 8 heteroatoms. The van der Waals surface area contributed by atoms with Gasteiger partial charge in [-0.15, -0.1) is 0 Å². The number of hydrogen-bond acceptors (Lipinski definition) is 5. The Morgan fingerprint density at radius 1 is 1.11 bits per heavy atom. The van der Waals surface area contributed by atoms with Crippen LogP contribution in [0.4, 0.5) is 5.69 Å². The van der Waals surface area contributed by atoms with E-state index in [0.717, 1.165) is 19.3 Å². The predicted octanol–water partition coefficient (Wildman–Crippen LogP) is 2.81. The monoisotopic (exact) mass is 386 g/mol. The molecule has 148 valence electrons. The summed E-state index contributed by atoms with van der Waals surface area (Å²) in [7, 11) is 0. The first-order valence-corrected chi connectivity index (χ1v) is 9.11. The second-order valence-electron chi connectivity index (χ2n) is 6.74. The smallest absolute Gasteiger partial charge is 0.329 e. The van der Waals surface area contributed by atoms with Crippen LogP contribution >= 0.6 is 0 Å². The molecule has 0 unspecified atom stereocenters. The number of nitrogens with one attached hydrogen (secondary N) is 2. The van der Waals surface area contributed by atoms with Gasteiger partial charge in [-0.25, -0.2) is 4.79 Å². The van der Waals surface area contributed by atoms with Crippen LogP contribution in [0.3, 0.4) is 0 Å². The van der Waals surface area contributed by atoms with E-state index in [-0.39, 0.29) is 12.4 Å². The molecule has 0 saturated heterocycles. The van der Waals surface area contributed by atoms with Crippen molar-refractivity contribution in [1.82, 2.24) is 5.32 Å². The second kappa shape index (κ2) is 8.60. The maximum absolute atomic E-state index is 12.2. The standard InChI is InChI=1S/C20H22N2O6/c23-17(22-20(19(25)26)9-2-1-3-10-20)13-28-15-7-4-6-14(12-15)21-18(24)16-8-5-11-27-16/h4-8,11-12H,1-3,9-10,13H2,(H,21,24)(H,22,23)(H,25,26). The molecule has 1 aliphatic rings. The third-order valence-corrected chi connectivity index (χ3v) is 4.70. The zero-order valence-corrected chi connectivity index (χ0v) is 15.3. The van der Waals surface area contributed by atoms with E-state index in [9.17, 15) is 19.5 Å². The normalized spacial score (nSPS) is 15.4. The van der Waals surface area contributed by atoms with Crippen LogP contribution in [0.25, 0.3) is 0 Å². The average molecular weight is 386 g/mol. The third kappa shape index (κ3) is 4.70. The minimum atomic E-state index is -1.21. The van der Waals surface area contributed by atoms with E-state index in [1.165, 1.54) is 6.26 Å². The molecule has 8 nitrogen and oxygen atoms in total. The Labute approximate surface area is 161 Å². The molecule has 0 radical (unpaired) electrons. The Bertz CT molecular complexity index is 840. The van der Waals surface area contributed by atoms with Gasteiger partial charge in [0.15, 0.2) is 12.4 Å². The first-order chi connectivity index (χ1) is 13.5. The molecule has 1 heterocycles. The SMILES string of the molecule is O=C(COc1cccc(NC(=O)c2ccco2)c1)NC1(C(=O)O)CCCCC1. The number of furan rings is 1. The first-order valence-electron chi connectivity index (χ1n) is 9.11. The van der Waals surface area contributed by atoms with Crippen molar-refractivity contribution in [3.05, 3.63) is 48.4 Å². The molecule has 1 aliphatic carbocycles. The fourth-order valence-corrected chi connectivity index (χ4v) is 3.26. The maximum atomic E-state index is 12.2. The van der Waals surface area contributed by atoms with E-state index in [2.05, 4.69) is 10.6 Å². The summed E-state index contributed by atoms with van der Waals surface area (Å²) in [6.45, 7) is -0.315. The molecule has 2 aromatic rings. The van der Waals surface area contributed by atoms with Crippen LogP contribution in [0.2, 0.25) is 0 Å². The van der Waals surface area contributed by atoms with Crippen molar-refractivity contribution >= 4 is 23.5 Å². The highest BCUT2D eigenvalue weighted by atomic mass is 16.5. The highest BCUT2D eigenvalue weighted by Gasteiger charge is 2.40.